The van der Waals surface area contributed by atoms with Gasteiger partial charge in [-0.1, -0.05) is 13.3 Å². The van der Waals surface area contributed by atoms with Crippen LogP contribution in [0.25, 0.3) is 0 Å². The fourth-order valence-corrected chi connectivity index (χ4v) is 2.53. The fraction of sp³-hybridized carbons (Fsp3) is 0.769. The molecule has 1 saturated carbocycles. The minimum atomic E-state index is 0.136. The topological polar surface area (TPSA) is 83.2 Å². The van der Waals surface area contributed by atoms with Gasteiger partial charge in [0.2, 0.25) is 5.95 Å². The van der Waals surface area contributed by atoms with Gasteiger partial charge in [0.15, 0.2) is 0 Å². The zero-order chi connectivity index (χ0) is 13.7. The average Bonchev–Trinajstić information content (AvgIpc) is 2.39. The van der Waals surface area contributed by atoms with Gasteiger partial charge in [0.25, 0.3) is 0 Å². The lowest BCUT2D eigenvalue weighted by molar-refractivity contribution is 0.0797. The summed E-state index contributed by atoms with van der Waals surface area (Å²) in [6.07, 6.45) is 6.02. The van der Waals surface area contributed by atoms with Crippen LogP contribution in [0, 0.1) is 5.92 Å². The number of anilines is 1. The maximum Gasteiger partial charge on any atom is 0.324 e. The number of nitrogen functional groups attached to an aromatic ring is 1. The highest BCUT2D eigenvalue weighted by molar-refractivity contribution is 5.20. The highest BCUT2D eigenvalue weighted by Gasteiger charge is 2.26. The van der Waals surface area contributed by atoms with Crippen LogP contribution >= 0.6 is 0 Å². The van der Waals surface area contributed by atoms with E-state index in [-0.39, 0.29) is 24.1 Å². The molecule has 0 bridgehead atoms. The van der Waals surface area contributed by atoms with E-state index >= 15 is 0 Å². The molecule has 0 amide bonds. The molecule has 2 rings (SSSR count). The molecule has 19 heavy (non-hydrogen) atoms. The maximum absolute atomic E-state index is 5.90. The lowest BCUT2D eigenvalue weighted by atomic mass is 9.85. The Kier molecular flexibility index (Phi) is 4.76. The van der Waals surface area contributed by atoms with Gasteiger partial charge in [-0.2, -0.15) is 9.97 Å². The lowest BCUT2D eigenvalue weighted by Crippen LogP contribution is -2.30. The molecule has 2 atom stereocenters. The highest BCUT2D eigenvalue weighted by Crippen LogP contribution is 2.29. The molecule has 1 aliphatic carbocycles. The Morgan fingerprint density at radius 3 is 2.58 bits per heavy atom. The minimum Gasteiger partial charge on any atom is -0.464 e. The standard InChI is InChI=1S/C13H22N4O2/c1-3-9-7-5-6-8-10(9)19-13-16-11(14)15-12(17-13)18-4-2/h9-10H,3-8H2,1-2H3,(H2,14,15,16,17). The summed E-state index contributed by atoms with van der Waals surface area (Å²) >= 11 is 0. The molecular formula is C13H22N4O2. The Morgan fingerprint density at radius 1 is 1.11 bits per heavy atom. The first-order valence-electron chi connectivity index (χ1n) is 7.04. The molecule has 1 aromatic heterocycles. The summed E-state index contributed by atoms with van der Waals surface area (Å²) in [5, 5.41) is 0. The van der Waals surface area contributed by atoms with E-state index in [2.05, 4.69) is 21.9 Å². The summed E-state index contributed by atoms with van der Waals surface area (Å²) in [7, 11) is 0. The van der Waals surface area contributed by atoms with Gasteiger partial charge in [-0.15, -0.1) is 4.98 Å². The summed E-state index contributed by atoms with van der Waals surface area (Å²) < 4.78 is 11.2. The van der Waals surface area contributed by atoms with Crippen molar-refractivity contribution < 1.29 is 9.47 Å². The number of hydrogen-bond acceptors (Lipinski definition) is 6. The first-order valence-corrected chi connectivity index (χ1v) is 7.04. The molecule has 0 aromatic carbocycles. The molecule has 0 saturated heterocycles. The van der Waals surface area contributed by atoms with Gasteiger partial charge in [0, 0.05) is 0 Å². The zero-order valence-electron chi connectivity index (χ0n) is 11.6. The third-order valence-corrected chi connectivity index (χ3v) is 3.51. The second-order valence-electron chi connectivity index (χ2n) is 4.80. The molecule has 1 heterocycles. The summed E-state index contributed by atoms with van der Waals surface area (Å²) in [6.45, 7) is 4.55. The highest BCUT2D eigenvalue weighted by atomic mass is 16.5. The Hall–Kier alpha value is -1.59. The number of aromatic nitrogens is 3. The molecule has 1 fully saturated rings. The third kappa shape index (κ3) is 3.68. The Balaban J connectivity index is 2.08. The van der Waals surface area contributed by atoms with Crippen molar-refractivity contribution >= 4 is 5.95 Å². The Bertz CT molecular complexity index is 414. The molecular weight excluding hydrogens is 244 g/mol. The third-order valence-electron chi connectivity index (χ3n) is 3.51. The summed E-state index contributed by atoms with van der Waals surface area (Å²) in [4.78, 5) is 12.1. The van der Waals surface area contributed by atoms with E-state index in [9.17, 15) is 0 Å². The van der Waals surface area contributed by atoms with Gasteiger partial charge in [-0.25, -0.2) is 0 Å². The molecule has 1 aromatic rings. The molecule has 0 radical (unpaired) electrons. The SMILES string of the molecule is CCOc1nc(N)nc(OC2CCCCC2CC)n1. The van der Waals surface area contributed by atoms with Gasteiger partial charge in [0.1, 0.15) is 6.10 Å². The summed E-state index contributed by atoms with van der Waals surface area (Å²) in [6, 6.07) is 0.509. The van der Waals surface area contributed by atoms with Gasteiger partial charge in [-0.05, 0) is 38.5 Å². The molecule has 2 unspecified atom stereocenters. The molecule has 6 nitrogen and oxygen atoms in total. The van der Waals surface area contributed by atoms with Crippen molar-refractivity contribution in [2.24, 2.45) is 5.92 Å². The van der Waals surface area contributed by atoms with Gasteiger partial charge >= 0.3 is 12.0 Å². The molecule has 1 aliphatic rings. The van der Waals surface area contributed by atoms with Crippen LogP contribution in [0.4, 0.5) is 5.95 Å². The van der Waals surface area contributed by atoms with Gasteiger partial charge in [-0.3, -0.25) is 0 Å². The van der Waals surface area contributed by atoms with Crippen molar-refractivity contribution in [2.75, 3.05) is 12.3 Å². The van der Waals surface area contributed by atoms with Crippen molar-refractivity contribution in [1.29, 1.82) is 0 Å². The molecule has 106 valence electrons. The van der Waals surface area contributed by atoms with E-state index in [0.717, 1.165) is 12.8 Å². The lowest BCUT2D eigenvalue weighted by Gasteiger charge is -2.30. The molecule has 2 N–H and O–H groups in total. The summed E-state index contributed by atoms with van der Waals surface area (Å²) in [5.41, 5.74) is 5.64. The summed E-state index contributed by atoms with van der Waals surface area (Å²) in [5.74, 6) is 0.708. The van der Waals surface area contributed by atoms with Gasteiger partial charge in [0.05, 0.1) is 6.61 Å². The quantitative estimate of drug-likeness (QED) is 0.879. The van der Waals surface area contributed by atoms with E-state index in [4.69, 9.17) is 15.2 Å². The van der Waals surface area contributed by atoms with E-state index in [1.54, 1.807) is 0 Å². The van der Waals surface area contributed by atoms with Crippen LogP contribution in [0.1, 0.15) is 46.0 Å². The zero-order valence-corrected chi connectivity index (χ0v) is 11.6. The number of ether oxygens (including phenoxy) is 2. The van der Waals surface area contributed by atoms with Gasteiger partial charge < -0.3 is 15.2 Å². The Labute approximate surface area is 113 Å². The smallest absolute Gasteiger partial charge is 0.324 e. The Morgan fingerprint density at radius 2 is 1.84 bits per heavy atom. The van der Waals surface area contributed by atoms with Crippen molar-refractivity contribution in [3.63, 3.8) is 0 Å². The van der Waals surface area contributed by atoms with E-state index in [0.29, 0.717) is 12.5 Å². The van der Waals surface area contributed by atoms with Crippen molar-refractivity contribution in [3.8, 4) is 12.0 Å². The van der Waals surface area contributed by atoms with Crippen LogP contribution in [0.3, 0.4) is 0 Å². The van der Waals surface area contributed by atoms with Crippen molar-refractivity contribution in [1.82, 2.24) is 15.0 Å². The second kappa shape index (κ2) is 6.54. The number of nitrogens with two attached hydrogens (primary N) is 1. The fourth-order valence-electron chi connectivity index (χ4n) is 2.53. The van der Waals surface area contributed by atoms with Crippen LogP contribution in [0.15, 0.2) is 0 Å². The number of hydrogen-bond donors (Lipinski definition) is 1. The monoisotopic (exact) mass is 266 g/mol. The van der Waals surface area contributed by atoms with Crippen LogP contribution < -0.4 is 15.2 Å². The van der Waals surface area contributed by atoms with Crippen LogP contribution in [-0.2, 0) is 0 Å². The predicted octanol–water partition coefficient (Wildman–Crippen LogP) is 2.20. The molecule has 0 aliphatic heterocycles. The van der Waals surface area contributed by atoms with Crippen LogP contribution in [-0.4, -0.2) is 27.7 Å². The maximum atomic E-state index is 5.90. The largest absolute Gasteiger partial charge is 0.464 e. The first kappa shape index (κ1) is 13.8. The van der Waals surface area contributed by atoms with Crippen LogP contribution in [0.2, 0.25) is 0 Å². The van der Waals surface area contributed by atoms with Crippen molar-refractivity contribution in [3.05, 3.63) is 0 Å². The minimum absolute atomic E-state index is 0.136. The second-order valence-corrected chi connectivity index (χ2v) is 4.80. The predicted molar refractivity (Wildman–Crippen MR) is 72.1 cm³/mol. The molecule has 6 heteroatoms. The number of rotatable bonds is 5. The average molecular weight is 266 g/mol. The number of nitrogens with zero attached hydrogens (tertiary/aromatic N) is 3. The van der Waals surface area contributed by atoms with E-state index in [1.807, 2.05) is 6.92 Å². The normalized spacial score (nSPS) is 23.1. The van der Waals surface area contributed by atoms with Crippen molar-refractivity contribution in [2.45, 2.75) is 52.1 Å². The van der Waals surface area contributed by atoms with Crippen LogP contribution in [0.5, 0.6) is 12.0 Å². The van der Waals surface area contributed by atoms with E-state index in [1.165, 1.54) is 19.3 Å². The van der Waals surface area contributed by atoms with E-state index < -0.39 is 0 Å². The molecule has 0 spiro atoms. The first-order chi connectivity index (χ1) is 9.22.